The van der Waals surface area contributed by atoms with E-state index in [1.165, 1.54) is 11.1 Å². The van der Waals surface area contributed by atoms with E-state index < -0.39 is 0 Å². The van der Waals surface area contributed by atoms with Crippen molar-refractivity contribution >= 4 is 29.9 Å². The number of rotatable bonds is 5. The average molecular weight is 467 g/mol. The molecule has 5 nitrogen and oxygen atoms in total. The SMILES string of the molecule is CN=C(NCCCc1ccc(O)cc1)NC1CCOc2ccccc21.I. The lowest BCUT2D eigenvalue weighted by atomic mass is 10.0. The number of hydrogen-bond acceptors (Lipinski definition) is 3. The second-order valence-electron chi connectivity index (χ2n) is 6.14. The molecule has 1 unspecified atom stereocenters. The summed E-state index contributed by atoms with van der Waals surface area (Å²) in [4.78, 5) is 4.33. The van der Waals surface area contributed by atoms with Gasteiger partial charge in [0.15, 0.2) is 5.96 Å². The quantitative estimate of drug-likeness (QED) is 0.272. The summed E-state index contributed by atoms with van der Waals surface area (Å²) in [5, 5.41) is 16.2. The van der Waals surface area contributed by atoms with Crippen LogP contribution in [0, 0.1) is 0 Å². The van der Waals surface area contributed by atoms with Crippen LogP contribution in [0.5, 0.6) is 11.5 Å². The summed E-state index contributed by atoms with van der Waals surface area (Å²) in [5.74, 6) is 2.07. The van der Waals surface area contributed by atoms with Crippen LogP contribution in [-0.2, 0) is 6.42 Å². The highest BCUT2D eigenvalue weighted by atomic mass is 127. The van der Waals surface area contributed by atoms with Crippen molar-refractivity contribution in [1.82, 2.24) is 10.6 Å². The largest absolute Gasteiger partial charge is 0.508 e. The highest BCUT2D eigenvalue weighted by molar-refractivity contribution is 14.0. The minimum Gasteiger partial charge on any atom is -0.508 e. The van der Waals surface area contributed by atoms with Crippen molar-refractivity contribution in [3.05, 3.63) is 59.7 Å². The first-order chi connectivity index (χ1) is 12.3. The zero-order chi connectivity index (χ0) is 17.5. The zero-order valence-electron chi connectivity index (χ0n) is 14.9. The summed E-state index contributed by atoms with van der Waals surface area (Å²) < 4.78 is 5.71. The number of para-hydroxylation sites is 1. The molecule has 0 bridgehead atoms. The molecule has 0 saturated carbocycles. The molecule has 3 N–H and O–H groups in total. The van der Waals surface area contributed by atoms with Gasteiger partial charge in [-0.1, -0.05) is 30.3 Å². The number of nitrogens with zero attached hydrogens (tertiary/aromatic N) is 1. The summed E-state index contributed by atoms with van der Waals surface area (Å²) in [5.41, 5.74) is 2.40. The van der Waals surface area contributed by atoms with Gasteiger partial charge in [-0.2, -0.15) is 0 Å². The molecular weight excluding hydrogens is 441 g/mol. The number of ether oxygens (including phenoxy) is 1. The fourth-order valence-electron chi connectivity index (χ4n) is 3.01. The van der Waals surface area contributed by atoms with Gasteiger partial charge in [0.25, 0.3) is 0 Å². The highest BCUT2D eigenvalue weighted by Crippen LogP contribution is 2.31. The summed E-state index contributed by atoms with van der Waals surface area (Å²) in [6.07, 6.45) is 2.88. The van der Waals surface area contributed by atoms with E-state index in [0.29, 0.717) is 12.4 Å². The first-order valence-corrected chi connectivity index (χ1v) is 8.73. The third-order valence-electron chi connectivity index (χ3n) is 4.36. The van der Waals surface area contributed by atoms with Gasteiger partial charge in [-0.3, -0.25) is 4.99 Å². The molecule has 2 aromatic rings. The fourth-order valence-corrected chi connectivity index (χ4v) is 3.01. The van der Waals surface area contributed by atoms with Crippen molar-refractivity contribution in [3.63, 3.8) is 0 Å². The van der Waals surface area contributed by atoms with Gasteiger partial charge in [0.05, 0.1) is 12.6 Å². The van der Waals surface area contributed by atoms with E-state index in [-0.39, 0.29) is 30.0 Å². The summed E-state index contributed by atoms with van der Waals surface area (Å²) in [7, 11) is 1.79. The lowest BCUT2D eigenvalue weighted by molar-refractivity contribution is 0.261. The molecule has 1 heterocycles. The van der Waals surface area contributed by atoms with Gasteiger partial charge in [0.1, 0.15) is 11.5 Å². The molecule has 1 aliphatic heterocycles. The van der Waals surface area contributed by atoms with Crippen molar-refractivity contribution < 1.29 is 9.84 Å². The Kier molecular flexibility index (Phi) is 8.03. The molecule has 140 valence electrons. The van der Waals surface area contributed by atoms with Crippen LogP contribution < -0.4 is 15.4 Å². The molecule has 1 atom stereocenters. The Morgan fingerprint density at radius 2 is 1.96 bits per heavy atom. The normalized spacial score (nSPS) is 16.0. The number of nitrogens with one attached hydrogen (secondary N) is 2. The number of aryl methyl sites for hydroxylation is 1. The van der Waals surface area contributed by atoms with Gasteiger partial charge in [-0.05, 0) is 36.6 Å². The number of phenolic OH excluding ortho intramolecular Hbond substituents is 1. The van der Waals surface area contributed by atoms with Crippen molar-refractivity contribution in [1.29, 1.82) is 0 Å². The third kappa shape index (κ3) is 5.52. The first-order valence-electron chi connectivity index (χ1n) is 8.73. The number of fused-ring (bicyclic) bond motifs is 1. The molecular formula is C20H26IN3O2. The fraction of sp³-hybridized carbons (Fsp3) is 0.350. The topological polar surface area (TPSA) is 65.9 Å². The molecule has 1 aliphatic rings. The summed E-state index contributed by atoms with van der Waals surface area (Å²) in [6.45, 7) is 1.55. The number of benzene rings is 2. The minimum atomic E-state index is 0. The van der Waals surface area contributed by atoms with E-state index in [1.807, 2.05) is 30.3 Å². The molecule has 6 heteroatoms. The van der Waals surface area contributed by atoms with Gasteiger partial charge in [0.2, 0.25) is 0 Å². The van der Waals surface area contributed by atoms with Gasteiger partial charge in [-0.25, -0.2) is 0 Å². The van der Waals surface area contributed by atoms with Crippen molar-refractivity contribution in [2.75, 3.05) is 20.2 Å². The second-order valence-corrected chi connectivity index (χ2v) is 6.14. The van der Waals surface area contributed by atoms with E-state index in [9.17, 15) is 5.11 Å². The molecule has 0 saturated heterocycles. The van der Waals surface area contributed by atoms with Crippen LogP contribution in [0.3, 0.4) is 0 Å². The maximum Gasteiger partial charge on any atom is 0.191 e. The summed E-state index contributed by atoms with van der Waals surface area (Å²) >= 11 is 0. The maximum atomic E-state index is 9.31. The molecule has 0 fully saturated rings. The van der Waals surface area contributed by atoms with Crippen molar-refractivity contribution in [2.24, 2.45) is 4.99 Å². The number of aromatic hydroxyl groups is 1. The van der Waals surface area contributed by atoms with Crippen LogP contribution in [0.1, 0.15) is 30.0 Å². The lowest BCUT2D eigenvalue weighted by Gasteiger charge is -2.28. The Balaban J connectivity index is 0.00000243. The van der Waals surface area contributed by atoms with Crippen LogP contribution >= 0.6 is 24.0 Å². The first kappa shape index (κ1) is 20.4. The third-order valence-corrected chi connectivity index (χ3v) is 4.36. The summed E-state index contributed by atoms with van der Waals surface area (Å²) in [6, 6.07) is 15.7. The van der Waals surface area contributed by atoms with E-state index in [1.54, 1.807) is 19.2 Å². The predicted octanol–water partition coefficient (Wildman–Crippen LogP) is 3.63. The van der Waals surface area contributed by atoms with Crippen molar-refractivity contribution in [2.45, 2.75) is 25.3 Å². The monoisotopic (exact) mass is 467 g/mol. The number of guanidine groups is 1. The van der Waals surface area contributed by atoms with Gasteiger partial charge >= 0.3 is 0 Å². The Labute approximate surface area is 171 Å². The van der Waals surface area contributed by atoms with Gasteiger partial charge in [-0.15, -0.1) is 24.0 Å². The zero-order valence-corrected chi connectivity index (χ0v) is 17.3. The number of hydrogen-bond donors (Lipinski definition) is 3. The van der Waals surface area contributed by atoms with E-state index in [2.05, 4.69) is 21.7 Å². The molecule has 0 aliphatic carbocycles. The van der Waals surface area contributed by atoms with Crippen LogP contribution in [0.15, 0.2) is 53.5 Å². The standard InChI is InChI=1S/C20H25N3O2.HI/c1-21-20(22-13-4-5-15-8-10-16(24)11-9-15)23-18-12-14-25-19-7-3-2-6-17(18)19;/h2-3,6-11,18,24H,4-5,12-14H2,1H3,(H2,21,22,23);1H. The van der Waals surface area contributed by atoms with Crippen LogP contribution in [0.4, 0.5) is 0 Å². The maximum absolute atomic E-state index is 9.31. The number of halogens is 1. The van der Waals surface area contributed by atoms with E-state index >= 15 is 0 Å². The van der Waals surface area contributed by atoms with E-state index in [0.717, 1.165) is 37.5 Å². The Bertz CT molecular complexity index is 719. The molecule has 3 rings (SSSR count). The Morgan fingerprint density at radius 3 is 2.73 bits per heavy atom. The minimum absolute atomic E-state index is 0. The Hall–Kier alpha value is -1.96. The molecule has 26 heavy (non-hydrogen) atoms. The van der Waals surface area contributed by atoms with Crippen LogP contribution in [0.25, 0.3) is 0 Å². The molecule has 0 aromatic heterocycles. The van der Waals surface area contributed by atoms with Crippen LogP contribution in [-0.4, -0.2) is 31.3 Å². The Morgan fingerprint density at radius 1 is 1.19 bits per heavy atom. The number of phenols is 1. The van der Waals surface area contributed by atoms with Crippen LogP contribution in [0.2, 0.25) is 0 Å². The van der Waals surface area contributed by atoms with Crippen molar-refractivity contribution in [3.8, 4) is 11.5 Å². The molecule has 0 radical (unpaired) electrons. The lowest BCUT2D eigenvalue weighted by Crippen LogP contribution is -2.41. The average Bonchev–Trinajstić information content (AvgIpc) is 2.66. The van der Waals surface area contributed by atoms with Gasteiger partial charge in [0, 0.05) is 25.6 Å². The molecule has 0 spiro atoms. The second kappa shape index (κ2) is 10.3. The highest BCUT2D eigenvalue weighted by Gasteiger charge is 2.21. The smallest absolute Gasteiger partial charge is 0.191 e. The van der Waals surface area contributed by atoms with Gasteiger partial charge < -0.3 is 20.5 Å². The predicted molar refractivity (Wildman–Crippen MR) is 116 cm³/mol. The molecule has 2 aromatic carbocycles. The van der Waals surface area contributed by atoms with E-state index in [4.69, 9.17) is 4.74 Å². The number of aliphatic imine (C=N–C) groups is 1. The molecule has 0 amide bonds.